The molecule has 0 spiro atoms. The predicted octanol–water partition coefficient (Wildman–Crippen LogP) is 5.36. The van der Waals surface area contributed by atoms with Crippen LogP contribution in [-0.2, 0) is 19.7 Å². The van der Waals surface area contributed by atoms with Gasteiger partial charge in [-0.15, -0.1) is 0 Å². The van der Waals surface area contributed by atoms with Crippen molar-refractivity contribution in [1.82, 2.24) is 10.0 Å². The normalized spacial score (nSPS) is 26.0. The van der Waals surface area contributed by atoms with E-state index in [-0.39, 0.29) is 43.7 Å². The van der Waals surface area contributed by atoms with Gasteiger partial charge < -0.3 is 4.18 Å². The van der Waals surface area contributed by atoms with Crippen LogP contribution in [0.15, 0.2) is 83.8 Å². The van der Waals surface area contributed by atoms with E-state index < -0.39 is 52.0 Å². The summed E-state index contributed by atoms with van der Waals surface area (Å²) in [6.45, 7) is 1.20. The van der Waals surface area contributed by atoms with Gasteiger partial charge in [-0.25, -0.2) is 5.01 Å². The number of amides is 3. The number of hydrogen-bond donors (Lipinski definition) is 0. The van der Waals surface area contributed by atoms with Crippen molar-refractivity contribution in [1.29, 1.82) is 0 Å². The maximum atomic E-state index is 13.9. The first kappa shape index (κ1) is 29.7. The summed E-state index contributed by atoms with van der Waals surface area (Å²) in [7, 11) is -4.11. The third kappa shape index (κ3) is 5.05. The first-order valence-corrected chi connectivity index (χ1v) is 16.6. The lowest BCUT2D eigenvalue weighted by molar-refractivity contribution is -0.154. The Labute approximate surface area is 269 Å². The predicted molar refractivity (Wildman–Crippen MR) is 164 cm³/mol. The Bertz CT molecular complexity index is 1870. The number of imide groups is 1. The largest absolute Gasteiger partial charge is 0.379 e. The van der Waals surface area contributed by atoms with Crippen LogP contribution in [-0.4, -0.2) is 48.5 Å². The molecule has 6 atom stereocenters. The maximum Gasteiger partial charge on any atom is 0.339 e. The highest BCUT2D eigenvalue weighted by Crippen LogP contribution is 2.65. The minimum Gasteiger partial charge on any atom is -0.379 e. The monoisotopic (exact) mass is 664 g/mol. The van der Waals surface area contributed by atoms with Crippen LogP contribution in [0, 0.1) is 42.4 Å². The highest BCUT2D eigenvalue weighted by Gasteiger charge is 2.68. The van der Waals surface area contributed by atoms with Crippen LogP contribution < -0.4 is 4.18 Å². The lowest BCUT2D eigenvalue weighted by Gasteiger charge is -2.37. The fourth-order valence-electron chi connectivity index (χ4n) is 6.99. The van der Waals surface area contributed by atoms with Gasteiger partial charge in [0.15, 0.2) is 5.78 Å². The molecule has 12 heteroatoms. The number of nitrogens with zero attached hydrogens (tertiary/aromatic N) is 2. The molecular weight excluding hydrogens is 639 g/mol. The van der Waals surface area contributed by atoms with Crippen LogP contribution in [0.3, 0.4) is 0 Å². The van der Waals surface area contributed by atoms with Crippen molar-refractivity contribution in [3.8, 4) is 5.75 Å². The third-order valence-electron chi connectivity index (χ3n) is 9.27. The van der Waals surface area contributed by atoms with Crippen molar-refractivity contribution >= 4 is 56.8 Å². The molecule has 45 heavy (non-hydrogen) atoms. The summed E-state index contributed by atoms with van der Waals surface area (Å²) in [5.41, 5.74) is 1.04. The van der Waals surface area contributed by atoms with E-state index >= 15 is 0 Å². The molecule has 230 valence electrons. The minimum absolute atomic E-state index is 0.0219. The molecule has 9 nitrogen and oxygen atoms in total. The van der Waals surface area contributed by atoms with Gasteiger partial charge in [-0.05, 0) is 91.6 Å². The molecule has 3 amide bonds. The molecule has 5 aliphatic rings. The van der Waals surface area contributed by atoms with Crippen LogP contribution in [0.25, 0.3) is 0 Å². The van der Waals surface area contributed by atoms with Crippen molar-refractivity contribution in [3.63, 3.8) is 0 Å². The van der Waals surface area contributed by atoms with Crippen molar-refractivity contribution in [3.05, 3.63) is 106 Å². The first-order chi connectivity index (χ1) is 21.4. The van der Waals surface area contributed by atoms with Gasteiger partial charge in [-0.2, -0.15) is 13.4 Å². The summed E-state index contributed by atoms with van der Waals surface area (Å²) in [6.07, 6.45) is 5.02. The number of Topliss-reactive ketones (excluding diaryl/α,β-unsaturated/α-hetero) is 1. The van der Waals surface area contributed by atoms with Crippen LogP contribution in [0.2, 0.25) is 10.0 Å². The van der Waals surface area contributed by atoms with Crippen molar-refractivity contribution in [2.45, 2.75) is 18.2 Å². The molecule has 1 aliphatic heterocycles. The molecule has 8 rings (SSSR count). The molecule has 3 aromatic rings. The molecule has 0 radical (unpaired) electrons. The van der Waals surface area contributed by atoms with Crippen molar-refractivity contribution in [2.24, 2.45) is 35.5 Å². The van der Waals surface area contributed by atoms with Gasteiger partial charge in [0, 0.05) is 11.1 Å². The number of rotatable bonds is 8. The molecule has 0 N–H and O–H groups in total. The number of benzene rings is 3. The molecule has 0 unspecified atom stereocenters. The van der Waals surface area contributed by atoms with Crippen LogP contribution in [0.4, 0.5) is 0 Å². The number of aryl methyl sites for hydroxylation is 1. The maximum absolute atomic E-state index is 13.9. The van der Waals surface area contributed by atoms with Crippen LogP contribution in [0.5, 0.6) is 5.75 Å². The van der Waals surface area contributed by atoms with E-state index in [1.807, 2.05) is 19.1 Å². The van der Waals surface area contributed by atoms with Gasteiger partial charge in [-0.3, -0.25) is 19.2 Å². The Hall–Kier alpha value is -3.99. The summed E-state index contributed by atoms with van der Waals surface area (Å²) in [6, 6.07) is 15.7. The zero-order valence-electron chi connectivity index (χ0n) is 23.8. The Morgan fingerprint density at radius 3 is 2.00 bits per heavy atom. The van der Waals surface area contributed by atoms with E-state index in [9.17, 15) is 27.6 Å². The second-order valence-corrected chi connectivity index (χ2v) is 14.3. The summed E-state index contributed by atoms with van der Waals surface area (Å²) < 4.78 is 30.6. The fourth-order valence-corrected chi connectivity index (χ4v) is 8.22. The third-order valence-corrected chi connectivity index (χ3v) is 11.3. The van der Waals surface area contributed by atoms with E-state index in [0.29, 0.717) is 11.8 Å². The average Bonchev–Trinajstić information content (AvgIpc) is 3.80. The molecule has 3 aromatic carbocycles. The molecule has 2 bridgehead atoms. The van der Waals surface area contributed by atoms with Gasteiger partial charge >= 0.3 is 10.1 Å². The summed E-state index contributed by atoms with van der Waals surface area (Å²) in [5, 5.41) is 2.05. The molecule has 2 saturated carbocycles. The number of allylic oxidation sites excluding steroid dienone is 2. The van der Waals surface area contributed by atoms with Gasteiger partial charge in [0.05, 0.1) is 21.9 Å². The highest BCUT2D eigenvalue weighted by atomic mass is 35.5. The van der Waals surface area contributed by atoms with Crippen LogP contribution in [0.1, 0.15) is 32.7 Å². The van der Waals surface area contributed by atoms with E-state index in [1.165, 1.54) is 54.6 Å². The topological polar surface area (TPSA) is 118 Å². The lowest BCUT2D eigenvalue weighted by Crippen LogP contribution is -2.52. The van der Waals surface area contributed by atoms with E-state index in [2.05, 4.69) is 0 Å². The fraction of sp³-hybridized carbons (Fsp3) is 0.273. The summed E-state index contributed by atoms with van der Waals surface area (Å²) in [5.74, 6) is -2.98. The first-order valence-electron chi connectivity index (χ1n) is 14.4. The Kier molecular flexibility index (Phi) is 7.14. The quantitative estimate of drug-likeness (QED) is 0.138. The summed E-state index contributed by atoms with van der Waals surface area (Å²) in [4.78, 5) is 55.2. The molecular formula is C33H26Cl2N2O7S. The Morgan fingerprint density at radius 2 is 1.42 bits per heavy atom. The molecule has 4 aliphatic carbocycles. The molecule has 0 aromatic heterocycles. The van der Waals surface area contributed by atoms with E-state index in [4.69, 9.17) is 27.4 Å². The Morgan fingerprint density at radius 1 is 0.844 bits per heavy atom. The zero-order valence-corrected chi connectivity index (χ0v) is 26.1. The van der Waals surface area contributed by atoms with E-state index in [0.717, 1.165) is 22.0 Å². The molecule has 1 heterocycles. The SMILES string of the molecule is Cc1ccc(S(=O)(=O)Oc2ccc(C(=O)CN(C(=O)c3ccc(Cl)c(Cl)c3)N3C(=O)[C@@H]4[C@H]5C=C[C@@H]([C@@H]6C[C@@H]56)[C@H]4C3=O)cc2)cc1. The van der Waals surface area contributed by atoms with E-state index in [1.54, 1.807) is 12.1 Å². The summed E-state index contributed by atoms with van der Waals surface area (Å²) >= 11 is 12.2. The number of halogens is 2. The molecule has 3 fully saturated rings. The zero-order chi connectivity index (χ0) is 31.8. The van der Waals surface area contributed by atoms with Crippen LogP contribution >= 0.6 is 23.2 Å². The minimum atomic E-state index is -4.11. The second kappa shape index (κ2) is 10.8. The number of carbonyl (C=O) groups is 4. The van der Waals surface area contributed by atoms with Gasteiger partial charge in [0.2, 0.25) is 0 Å². The average molecular weight is 666 g/mol. The number of hydrogen-bond acceptors (Lipinski definition) is 7. The standard InChI is InChI=1S/C33H26Cl2N2O7S/c1-17-2-9-21(10-3-17)45(42,43)44-20-7-4-18(5-8-20)28(38)16-36(31(39)19-6-13-26(34)27(35)14-19)37-32(40)29-22-11-12-23(25-15-24(22)25)30(29)33(37)41/h2-14,22-25,29-30H,15-16H2,1H3/t22-,23-,24-,25-,29+,30+/m0/s1. The number of hydrazine groups is 1. The van der Waals surface area contributed by atoms with Crippen molar-refractivity contribution < 1.29 is 31.8 Å². The van der Waals surface area contributed by atoms with Gasteiger partial charge in [0.25, 0.3) is 17.7 Å². The Balaban J connectivity index is 1.16. The molecule has 1 saturated heterocycles. The number of ketones is 1. The van der Waals surface area contributed by atoms with Crippen molar-refractivity contribution in [2.75, 3.05) is 6.54 Å². The van der Waals surface area contributed by atoms with Gasteiger partial charge in [-0.1, -0.05) is 53.1 Å². The number of carbonyl (C=O) groups excluding carboxylic acids is 4. The smallest absolute Gasteiger partial charge is 0.339 e. The second-order valence-electron chi connectivity index (χ2n) is 11.9. The lowest BCUT2D eigenvalue weighted by atomic mass is 9.63. The van der Waals surface area contributed by atoms with Gasteiger partial charge in [0.1, 0.15) is 17.2 Å². The highest BCUT2D eigenvalue weighted by molar-refractivity contribution is 7.87.